The molecule has 2 aromatic carbocycles. The molecule has 3 rings (SSSR count). The highest BCUT2D eigenvalue weighted by atomic mass is 19.1. The number of nitrogens with two attached hydrogens (primary N) is 1. The number of anilines is 1. The van der Waals surface area contributed by atoms with Gasteiger partial charge in [-0.15, -0.1) is 0 Å². The zero-order valence-corrected chi connectivity index (χ0v) is 10.7. The van der Waals surface area contributed by atoms with Gasteiger partial charge in [-0.25, -0.2) is 14.1 Å². The maximum Gasteiger partial charge on any atom is 0.181 e. The molecule has 0 amide bonds. The van der Waals surface area contributed by atoms with Gasteiger partial charge in [-0.1, -0.05) is 24.3 Å². The van der Waals surface area contributed by atoms with Gasteiger partial charge in [0.1, 0.15) is 12.1 Å². The van der Waals surface area contributed by atoms with Crippen LogP contribution in [-0.2, 0) is 6.54 Å². The van der Waals surface area contributed by atoms with Crippen molar-refractivity contribution < 1.29 is 4.39 Å². The second kappa shape index (κ2) is 5.13. The van der Waals surface area contributed by atoms with E-state index in [4.69, 9.17) is 5.73 Å². The first-order valence-electron chi connectivity index (χ1n) is 6.20. The van der Waals surface area contributed by atoms with Gasteiger partial charge in [0.15, 0.2) is 5.82 Å². The van der Waals surface area contributed by atoms with Crippen molar-refractivity contribution in [3.63, 3.8) is 0 Å². The molecule has 5 heteroatoms. The fourth-order valence-corrected chi connectivity index (χ4v) is 2.00. The second-order valence-electron chi connectivity index (χ2n) is 4.52. The lowest BCUT2D eigenvalue weighted by molar-refractivity contribution is 0.619. The predicted octanol–water partition coefficient (Wildman–Crippen LogP) is 2.71. The van der Waals surface area contributed by atoms with Crippen LogP contribution in [-0.4, -0.2) is 14.8 Å². The molecule has 2 N–H and O–H groups in total. The minimum Gasteiger partial charge on any atom is -0.399 e. The third-order valence-electron chi connectivity index (χ3n) is 2.91. The van der Waals surface area contributed by atoms with E-state index in [0.717, 1.165) is 11.1 Å². The summed E-state index contributed by atoms with van der Waals surface area (Å²) in [6.45, 7) is 0.479. The normalized spacial score (nSPS) is 10.7. The fraction of sp³-hybridized carbons (Fsp3) is 0.0667. The van der Waals surface area contributed by atoms with Crippen molar-refractivity contribution in [1.82, 2.24) is 14.8 Å². The van der Waals surface area contributed by atoms with E-state index >= 15 is 0 Å². The SMILES string of the molecule is Nc1cccc(-c2ncn(Cc3cccc(F)c3)n2)c1. The molecule has 3 aromatic rings. The molecule has 0 saturated heterocycles. The molecule has 0 saturated carbocycles. The topological polar surface area (TPSA) is 56.7 Å². The minimum absolute atomic E-state index is 0.251. The largest absolute Gasteiger partial charge is 0.399 e. The number of halogens is 1. The van der Waals surface area contributed by atoms with Crippen LogP contribution < -0.4 is 5.73 Å². The van der Waals surface area contributed by atoms with Crippen molar-refractivity contribution in [2.45, 2.75) is 6.54 Å². The maximum absolute atomic E-state index is 13.1. The Morgan fingerprint density at radius 1 is 1.10 bits per heavy atom. The van der Waals surface area contributed by atoms with Gasteiger partial charge in [0.05, 0.1) is 6.54 Å². The fourth-order valence-electron chi connectivity index (χ4n) is 2.00. The highest BCUT2D eigenvalue weighted by Gasteiger charge is 2.05. The Morgan fingerprint density at radius 2 is 1.95 bits per heavy atom. The molecular formula is C15H13FN4. The lowest BCUT2D eigenvalue weighted by Gasteiger charge is -2.01. The minimum atomic E-state index is -0.251. The van der Waals surface area contributed by atoms with Gasteiger partial charge in [-0.05, 0) is 29.8 Å². The Labute approximate surface area is 115 Å². The van der Waals surface area contributed by atoms with Crippen molar-refractivity contribution in [1.29, 1.82) is 0 Å². The standard InChI is InChI=1S/C15H13FN4/c16-13-5-1-3-11(7-13)9-20-10-18-15(19-20)12-4-2-6-14(17)8-12/h1-8,10H,9,17H2. The molecule has 0 radical (unpaired) electrons. The van der Waals surface area contributed by atoms with Gasteiger partial charge in [-0.3, -0.25) is 0 Å². The van der Waals surface area contributed by atoms with E-state index in [1.807, 2.05) is 30.3 Å². The number of nitrogen functional groups attached to an aromatic ring is 1. The van der Waals surface area contributed by atoms with Crippen LogP contribution in [0.15, 0.2) is 54.9 Å². The highest BCUT2D eigenvalue weighted by Crippen LogP contribution is 2.17. The third-order valence-corrected chi connectivity index (χ3v) is 2.91. The van der Waals surface area contributed by atoms with Crippen LogP contribution in [0.3, 0.4) is 0 Å². The quantitative estimate of drug-likeness (QED) is 0.743. The summed E-state index contributed by atoms with van der Waals surface area (Å²) in [5.41, 5.74) is 8.11. The summed E-state index contributed by atoms with van der Waals surface area (Å²) < 4.78 is 14.8. The van der Waals surface area contributed by atoms with Crippen molar-refractivity contribution in [2.24, 2.45) is 0 Å². The van der Waals surface area contributed by atoms with E-state index in [1.54, 1.807) is 17.1 Å². The number of hydrogen-bond donors (Lipinski definition) is 1. The number of hydrogen-bond acceptors (Lipinski definition) is 3. The molecule has 0 atom stereocenters. The van der Waals surface area contributed by atoms with Gasteiger partial charge in [0.2, 0.25) is 0 Å². The van der Waals surface area contributed by atoms with Gasteiger partial charge < -0.3 is 5.73 Å². The van der Waals surface area contributed by atoms with E-state index in [9.17, 15) is 4.39 Å². The Bertz CT molecular complexity index is 736. The first kappa shape index (κ1) is 12.3. The number of nitrogens with zero attached hydrogens (tertiary/aromatic N) is 3. The summed E-state index contributed by atoms with van der Waals surface area (Å²) in [4.78, 5) is 4.25. The van der Waals surface area contributed by atoms with Crippen molar-refractivity contribution in [3.05, 3.63) is 66.2 Å². The molecule has 20 heavy (non-hydrogen) atoms. The molecular weight excluding hydrogens is 255 g/mol. The Kier molecular flexibility index (Phi) is 3.16. The summed E-state index contributed by atoms with van der Waals surface area (Å²) in [6.07, 6.45) is 1.63. The van der Waals surface area contributed by atoms with E-state index in [-0.39, 0.29) is 5.82 Å². The third kappa shape index (κ3) is 2.66. The van der Waals surface area contributed by atoms with Crippen LogP contribution in [0.4, 0.5) is 10.1 Å². The molecule has 0 aliphatic carbocycles. The molecule has 1 aromatic heterocycles. The van der Waals surface area contributed by atoms with Crippen LogP contribution in [0.2, 0.25) is 0 Å². The second-order valence-corrected chi connectivity index (χ2v) is 4.52. The van der Waals surface area contributed by atoms with Gasteiger partial charge in [0, 0.05) is 11.3 Å². The molecule has 4 nitrogen and oxygen atoms in total. The lowest BCUT2D eigenvalue weighted by atomic mass is 10.2. The van der Waals surface area contributed by atoms with Crippen LogP contribution in [0.25, 0.3) is 11.4 Å². The average Bonchev–Trinajstić information content (AvgIpc) is 2.87. The smallest absolute Gasteiger partial charge is 0.181 e. The molecule has 0 bridgehead atoms. The molecule has 100 valence electrons. The zero-order valence-electron chi connectivity index (χ0n) is 10.7. The Hall–Kier alpha value is -2.69. The summed E-state index contributed by atoms with van der Waals surface area (Å²) in [5.74, 6) is 0.354. The first-order chi connectivity index (χ1) is 9.70. The molecule has 0 fully saturated rings. The summed E-state index contributed by atoms with van der Waals surface area (Å²) in [5, 5.41) is 4.37. The number of rotatable bonds is 3. The highest BCUT2D eigenvalue weighted by molar-refractivity contribution is 5.60. The summed E-state index contributed by atoms with van der Waals surface area (Å²) >= 11 is 0. The molecule has 0 aliphatic rings. The number of aromatic nitrogens is 3. The predicted molar refractivity (Wildman–Crippen MR) is 75.4 cm³/mol. The number of benzene rings is 2. The molecule has 0 spiro atoms. The summed E-state index contributed by atoms with van der Waals surface area (Å²) in [6, 6.07) is 13.8. The average molecular weight is 268 g/mol. The van der Waals surface area contributed by atoms with E-state index < -0.39 is 0 Å². The van der Waals surface area contributed by atoms with Gasteiger partial charge >= 0.3 is 0 Å². The Balaban J connectivity index is 1.84. The summed E-state index contributed by atoms with van der Waals surface area (Å²) in [7, 11) is 0. The Morgan fingerprint density at radius 3 is 2.75 bits per heavy atom. The molecule has 0 unspecified atom stereocenters. The van der Waals surface area contributed by atoms with Gasteiger partial charge in [0.25, 0.3) is 0 Å². The monoisotopic (exact) mass is 268 g/mol. The van der Waals surface area contributed by atoms with Gasteiger partial charge in [-0.2, -0.15) is 5.10 Å². The maximum atomic E-state index is 13.1. The van der Waals surface area contributed by atoms with E-state index in [0.29, 0.717) is 18.1 Å². The van der Waals surface area contributed by atoms with E-state index in [2.05, 4.69) is 10.1 Å². The molecule has 1 heterocycles. The van der Waals surface area contributed by atoms with E-state index in [1.165, 1.54) is 12.1 Å². The zero-order chi connectivity index (χ0) is 13.9. The first-order valence-corrected chi connectivity index (χ1v) is 6.20. The van der Waals surface area contributed by atoms with Crippen LogP contribution in [0.5, 0.6) is 0 Å². The molecule has 0 aliphatic heterocycles. The lowest BCUT2D eigenvalue weighted by Crippen LogP contribution is -2.00. The van der Waals surface area contributed by atoms with Crippen molar-refractivity contribution >= 4 is 5.69 Å². The van der Waals surface area contributed by atoms with Crippen molar-refractivity contribution in [2.75, 3.05) is 5.73 Å². The van der Waals surface area contributed by atoms with Crippen LogP contribution in [0.1, 0.15) is 5.56 Å². The van der Waals surface area contributed by atoms with Crippen LogP contribution >= 0.6 is 0 Å². The van der Waals surface area contributed by atoms with Crippen LogP contribution in [0, 0.1) is 5.82 Å². The van der Waals surface area contributed by atoms with Crippen molar-refractivity contribution in [3.8, 4) is 11.4 Å².